The third kappa shape index (κ3) is 2.71. The van der Waals surface area contributed by atoms with Crippen LogP contribution in [0.2, 0.25) is 0 Å². The smallest absolute Gasteiger partial charge is 0.324 e. The van der Waals surface area contributed by atoms with Crippen LogP contribution in [0, 0.1) is 5.41 Å². The second kappa shape index (κ2) is 6.22. The lowest BCUT2D eigenvalue weighted by Crippen LogP contribution is -2.53. The number of piperidine rings is 2. The van der Waals surface area contributed by atoms with Gasteiger partial charge in [0.15, 0.2) is 5.82 Å². The van der Waals surface area contributed by atoms with Crippen molar-refractivity contribution in [1.29, 1.82) is 0 Å². The third-order valence-electron chi connectivity index (χ3n) is 7.27. The zero-order chi connectivity index (χ0) is 17.7. The van der Waals surface area contributed by atoms with Gasteiger partial charge in [0.05, 0.1) is 0 Å². The molecule has 4 saturated heterocycles. The second-order valence-corrected chi connectivity index (χ2v) is 8.75. The molecule has 4 fully saturated rings. The van der Waals surface area contributed by atoms with Crippen LogP contribution in [0.25, 0.3) is 0 Å². The fourth-order valence-electron chi connectivity index (χ4n) is 5.72. The molecule has 0 saturated carbocycles. The Morgan fingerprint density at radius 3 is 2.50 bits per heavy atom. The Kier molecular flexibility index (Phi) is 3.95. The molecule has 142 valence electrons. The zero-order valence-corrected chi connectivity index (χ0v) is 15.6. The highest BCUT2D eigenvalue weighted by Gasteiger charge is 2.47. The first-order chi connectivity index (χ1) is 12.7. The van der Waals surface area contributed by atoms with Gasteiger partial charge in [0.2, 0.25) is 5.91 Å². The van der Waals surface area contributed by atoms with Crippen molar-refractivity contribution in [2.75, 3.05) is 24.5 Å². The van der Waals surface area contributed by atoms with Gasteiger partial charge in [-0.1, -0.05) is 12.1 Å². The van der Waals surface area contributed by atoms with E-state index >= 15 is 0 Å². The van der Waals surface area contributed by atoms with Gasteiger partial charge in [0.1, 0.15) is 0 Å². The van der Waals surface area contributed by atoms with Crippen LogP contribution < -0.4 is 10.2 Å². The van der Waals surface area contributed by atoms with Crippen LogP contribution in [0.1, 0.15) is 57.7 Å². The van der Waals surface area contributed by atoms with Gasteiger partial charge in [-0.3, -0.25) is 4.79 Å². The number of carbonyl (C=O) groups excluding carboxylic acids is 1. The van der Waals surface area contributed by atoms with E-state index in [9.17, 15) is 4.79 Å². The van der Waals surface area contributed by atoms with E-state index < -0.39 is 0 Å². The SMILES string of the molecule is CCc1noc(N2C3CCC2CC(N2CCC4(CC2)CNC(=O)C4)C3)n1. The van der Waals surface area contributed by atoms with E-state index in [0.29, 0.717) is 18.1 Å². The monoisotopic (exact) mass is 359 g/mol. The summed E-state index contributed by atoms with van der Waals surface area (Å²) >= 11 is 0. The molecule has 2 unspecified atom stereocenters. The number of amides is 1. The average Bonchev–Trinajstić information content (AvgIpc) is 3.32. The minimum Gasteiger partial charge on any atom is -0.356 e. The number of hydrogen-bond donors (Lipinski definition) is 1. The fraction of sp³-hybridized carbons (Fsp3) is 0.842. The Hall–Kier alpha value is -1.63. The van der Waals surface area contributed by atoms with Gasteiger partial charge in [0.25, 0.3) is 0 Å². The average molecular weight is 359 g/mol. The van der Waals surface area contributed by atoms with Crippen molar-refractivity contribution in [2.45, 2.75) is 76.4 Å². The summed E-state index contributed by atoms with van der Waals surface area (Å²) in [7, 11) is 0. The molecule has 1 spiro atoms. The van der Waals surface area contributed by atoms with Crippen molar-refractivity contribution in [3.8, 4) is 0 Å². The van der Waals surface area contributed by atoms with Crippen molar-refractivity contribution in [3.05, 3.63) is 5.82 Å². The quantitative estimate of drug-likeness (QED) is 0.886. The lowest BCUT2D eigenvalue weighted by molar-refractivity contribution is -0.119. The van der Waals surface area contributed by atoms with Crippen molar-refractivity contribution in [2.24, 2.45) is 5.41 Å². The number of nitrogens with one attached hydrogen (secondary N) is 1. The topological polar surface area (TPSA) is 74.5 Å². The molecular weight excluding hydrogens is 330 g/mol. The Balaban J connectivity index is 1.23. The highest BCUT2D eigenvalue weighted by Crippen LogP contribution is 2.43. The molecule has 1 aromatic heterocycles. The minimum atomic E-state index is 0.244. The van der Waals surface area contributed by atoms with Gasteiger partial charge < -0.3 is 19.6 Å². The molecule has 1 N–H and O–H groups in total. The maximum absolute atomic E-state index is 11.6. The van der Waals surface area contributed by atoms with E-state index in [1.165, 1.54) is 25.7 Å². The van der Waals surface area contributed by atoms with Crippen LogP contribution in [-0.2, 0) is 11.2 Å². The molecule has 5 rings (SSSR count). The minimum absolute atomic E-state index is 0.244. The summed E-state index contributed by atoms with van der Waals surface area (Å²) in [5, 5.41) is 7.13. The van der Waals surface area contributed by atoms with Gasteiger partial charge in [-0.15, -0.1) is 0 Å². The summed E-state index contributed by atoms with van der Waals surface area (Å²) in [5.74, 6) is 1.05. The molecule has 5 heterocycles. The predicted octanol–water partition coefficient (Wildman–Crippen LogP) is 1.73. The van der Waals surface area contributed by atoms with Crippen LogP contribution >= 0.6 is 0 Å². The van der Waals surface area contributed by atoms with E-state index in [2.05, 4.69) is 32.2 Å². The lowest BCUT2D eigenvalue weighted by atomic mass is 9.77. The van der Waals surface area contributed by atoms with Crippen LogP contribution in [0.4, 0.5) is 6.01 Å². The molecule has 4 aliphatic heterocycles. The predicted molar refractivity (Wildman–Crippen MR) is 96.9 cm³/mol. The van der Waals surface area contributed by atoms with Crippen LogP contribution in [0.5, 0.6) is 0 Å². The number of rotatable bonds is 3. The fourth-order valence-corrected chi connectivity index (χ4v) is 5.72. The van der Waals surface area contributed by atoms with Crippen LogP contribution in [0.3, 0.4) is 0 Å². The van der Waals surface area contributed by atoms with E-state index in [4.69, 9.17) is 4.52 Å². The number of hydrogen-bond acceptors (Lipinski definition) is 6. The van der Waals surface area contributed by atoms with Crippen LogP contribution in [-0.4, -0.2) is 58.7 Å². The van der Waals surface area contributed by atoms with E-state index in [1.807, 2.05) is 0 Å². The first kappa shape index (κ1) is 16.5. The maximum atomic E-state index is 11.6. The molecule has 2 bridgehead atoms. The van der Waals surface area contributed by atoms with Crippen molar-refractivity contribution in [1.82, 2.24) is 20.4 Å². The number of aryl methyl sites for hydroxylation is 1. The highest BCUT2D eigenvalue weighted by molar-refractivity contribution is 5.79. The number of fused-ring (bicyclic) bond motifs is 2. The van der Waals surface area contributed by atoms with Gasteiger partial charge in [0, 0.05) is 37.5 Å². The number of carbonyl (C=O) groups is 1. The van der Waals surface area contributed by atoms with E-state index in [0.717, 1.165) is 57.2 Å². The Morgan fingerprint density at radius 1 is 1.19 bits per heavy atom. The maximum Gasteiger partial charge on any atom is 0.324 e. The third-order valence-corrected chi connectivity index (χ3v) is 7.27. The molecule has 7 nitrogen and oxygen atoms in total. The van der Waals surface area contributed by atoms with Gasteiger partial charge >= 0.3 is 6.01 Å². The van der Waals surface area contributed by atoms with Crippen molar-refractivity contribution < 1.29 is 9.32 Å². The van der Waals surface area contributed by atoms with Gasteiger partial charge in [-0.25, -0.2) is 0 Å². The summed E-state index contributed by atoms with van der Waals surface area (Å²) < 4.78 is 5.54. The molecule has 0 radical (unpaired) electrons. The molecule has 0 aliphatic carbocycles. The molecule has 0 aromatic carbocycles. The molecular formula is C19H29N5O2. The second-order valence-electron chi connectivity index (χ2n) is 8.75. The number of likely N-dealkylation sites (tertiary alicyclic amines) is 1. The van der Waals surface area contributed by atoms with E-state index in [1.54, 1.807) is 0 Å². The lowest BCUT2D eigenvalue weighted by Gasteiger charge is -2.46. The Labute approximate surface area is 154 Å². The van der Waals surface area contributed by atoms with Crippen molar-refractivity contribution in [3.63, 3.8) is 0 Å². The molecule has 2 atom stereocenters. The summed E-state index contributed by atoms with van der Waals surface area (Å²) in [6.07, 6.45) is 8.75. The molecule has 1 amide bonds. The van der Waals surface area contributed by atoms with Gasteiger partial charge in [-0.05, 0) is 57.0 Å². The number of nitrogens with zero attached hydrogens (tertiary/aromatic N) is 4. The Morgan fingerprint density at radius 2 is 1.92 bits per heavy atom. The molecule has 7 heteroatoms. The normalized spacial score (nSPS) is 33.8. The highest BCUT2D eigenvalue weighted by atomic mass is 16.5. The number of anilines is 1. The summed E-state index contributed by atoms with van der Waals surface area (Å²) in [5.41, 5.74) is 0.244. The molecule has 1 aromatic rings. The summed E-state index contributed by atoms with van der Waals surface area (Å²) in [6.45, 7) is 5.23. The van der Waals surface area contributed by atoms with Gasteiger partial charge in [-0.2, -0.15) is 4.98 Å². The number of aromatic nitrogens is 2. The first-order valence-corrected chi connectivity index (χ1v) is 10.3. The van der Waals surface area contributed by atoms with E-state index in [-0.39, 0.29) is 11.3 Å². The largest absolute Gasteiger partial charge is 0.356 e. The standard InChI is InChI=1S/C19H29N5O2/c1-2-16-21-18(26-22-16)24-13-3-4-14(24)10-15(9-13)23-7-5-19(6-8-23)11-17(25)20-12-19/h13-15H,2-12H2,1H3,(H,20,25). The summed E-state index contributed by atoms with van der Waals surface area (Å²) in [6, 6.07) is 2.48. The zero-order valence-electron chi connectivity index (χ0n) is 15.6. The van der Waals surface area contributed by atoms with Crippen molar-refractivity contribution >= 4 is 11.9 Å². The first-order valence-electron chi connectivity index (χ1n) is 10.3. The van der Waals surface area contributed by atoms with Crippen LogP contribution in [0.15, 0.2) is 4.52 Å². The summed E-state index contributed by atoms with van der Waals surface area (Å²) in [4.78, 5) is 21.3. The molecule has 4 aliphatic rings. The molecule has 26 heavy (non-hydrogen) atoms. The Bertz CT molecular complexity index is 667.